The first-order valence-corrected chi connectivity index (χ1v) is 6.42. The van der Waals surface area contributed by atoms with Crippen LogP contribution in [0, 0.1) is 5.82 Å². The number of nitrogens with zero attached hydrogens (tertiary/aromatic N) is 2. The highest BCUT2D eigenvalue weighted by molar-refractivity contribution is 5.73. The van der Waals surface area contributed by atoms with Gasteiger partial charge in [0.2, 0.25) is 5.91 Å². The van der Waals surface area contributed by atoms with Gasteiger partial charge in [-0.2, -0.15) is 5.10 Å². The average Bonchev–Trinajstić information content (AvgIpc) is 2.83. The predicted molar refractivity (Wildman–Crippen MR) is 74.5 cm³/mol. The molecule has 1 aromatic heterocycles. The molecule has 5 nitrogen and oxygen atoms in total. The van der Waals surface area contributed by atoms with Crippen molar-refractivity contribution in [2.24, 2.45) is 5.73 Å². The SMILES string of the molecule is CCC(Nc1cnn(CC(N)=O)c1)c1ccccc1F. The van der Waals surface area contributed by atoms with Crippen LogP contribution in [0.4, 0.5) is 10.1 Å². The monoisotopic (exact) mass is 276 g/mol. The molecular weight excluding hydrogens is 259 g/mol. The molecule has 1 amide bonds. The van der Waals surface area contributed by atoms with Crippen LogP contribution in [0.5, 0.6) is 0 Å². The van der Waals surface area contributed by atoms with E-state index in [2.05, 4.69) is 10.4 Å². The molecule has 2 aromatic rings. The molecule has 1 unspecified atom stereocenters. The molecule has 1 atom stereocenters. The summed E-state index contributed by atoms with van der Waals surface area (Å²) >= 11 is 0. The minimum Gasteiger partial charge on any atom is -0.376 e. The van der Waals surface area contributed by atoms with Crippen LogP contribution in [-0.4, -0.2) is 15.7 Å². The number of benzene rings is 1. The van der Waals surface area contributed by atoms with Crippen LogP contribution >= 0.6 is 0 Å². The fourth-order valence-electron chi connectivity index (χ4n) is 2.04. The van der Waals surface area contributed by atoms with E-state index in [0.29, 0.717) is 5.56 Å². The van der Waals surface area contributed by atoms with Crippen LogP contribution in [-0.2, 0) is 11.3 Å². The van der Waals surface area contributed by atoms with Crippen molar-refractivity contribution in [2.45, 2.75) is 25.9 Å². The lowest BCUT2D eigenvalue weighted by molar-refractivity contribution is -0.118. The molecule has 1 aromatic carbocycles. The van der Waals surface area contributed by atoms with E-state index in [-0.39, 0.29) is 18.4 Å². The Morgan fingerprint density at radius 1 is 1.50 bits per heavy atom. The molecular formula is C14H17FN4O. The van der Waals surface area contributed by atoms with Crippen LogP contribution in [0.2, 0.25) is 0 Å². The number of hydrogen-bond acceptors (Lipinski definition) is 3. The van der Waals surface area contributed by atoms with Gasteiger partial charge >= 0.3 is 0 Å². The normalized spacial score (nSPS) is 12.1. The van der Waals surface area contributed by atoms with Gasteiger partial charge in [-0.1, -0.05) is 25.1 Å². The van der Waals surface area contributed by atoms with Gasteiger partial charge in [-0.15, -0.1) is 0 Å². The Morgan fingerprint density at radius 2 is 2.25 bits per heavy atom. The number of hydrogen-bond donors (Lipinski definition) is 2. The van der Waals surface area contributed by atoms with Crippen molar-refractivity contribution in [3.8, 4) is 0 Å². The van der Waals surface area contributed by atoms with Crippen LogP contribution in [0.15, 0.2) is 36.7 Å². The van der Waals surface area contributed by atoms with Gasteiger partial charge in [-0.05, 0) is 12.5 Å². The number of carbonyl (C=O) groups is 1. The van der Waals surface area contributed by atoms with Crippen molar-refractivity contribution < 1.29 is 9.18 Å². The maximum atomic E-state index is 13.8. The molecule has 0 aliphatic rings. The quantitative estimate of drug-likeness (QED) is 0.848. The lowest BCUT2D eigenvalue weighted by Crippen LogP contribution is -2.18. The summed E-state index contributed by atoms with van der Waals surface area (Å²) in [5, 5.41) is 7.22. The highest BCUT2D eigenvalue weighted by atomic mass is 19.1. The average molecular weight is 276 g/mol. The summed E-state index contributed by atoms with van der Waals surface area (Å²) in [4.78, 5) is 10.8. The summed E-state index contributed by atoms with van der Waals surface area (Å²) in [5.41, 5.74) is 6.43. The summed E-state index contributed by atoms with van der Waals surface area (Å²) in [6.45, 7) is 2.00. The molecule has 0 spiro atoms. The molecule has 0 fully saturated rings. The number of aromatic nitrogens is 2. The number of anilines is 1. The summed E-state index contributed by atoms with van der Waals surface area (Å²) < 4.78 is 15.2. The highest BCUT2D eigenvalue weighted by Crippen LogP contribution is 2.24. The molecule has 0 bridgehead atoms. The highest BCUT2D eigenvalue weighted by Gasteiger charge is 2.14. The third-order valence-corrected chi connectivity index (χ3v) is 2.98. The molecule has 106 valence electrons. The molecule has 20 heavy (non-hydrogen) atoms. The second-order valence-corrected chi connectivity index (χ2v) is 4.52. The molecule has 0 aliphatic heterocycles. The first kappa shape index (κ1) is 14.0. The summed E-state index contributed by atoms with van der Waals surface area (Å²) in [7, 11) is 0. The number of amides is 1. The zero-order chi connectivity index (χ0) is 14.5. The Morgan fingerprint density at radius 3 is 2.90 bits per heavy atom. The van der Waals surface area contributed by atoms with E-state index in [1.165, 1.54) is 10.7 Å². The topological polar surface area (TPSA) is 72.9 Å². The molecule has 2 rings (SSSR count). The summed E-state index contributed by atoms with van der Waals surface area (Å²) in [5.74, 6) is -0.697. The smallest absolute Gasteiger partial charge is 0.239 e. The fraction of sp³-hybridized carbons (Fsp3) is 0.286. The van der Waals surface area contributed by atoms with E-state index in [9.17, 15) is 9.18 Å². The molecule has 0 aliphatic carbocycles. The number of halogens is 1. The fourth-order valence-corrected chi connectivity index (χ4v) is 2.04. The Hall–Kier alpha value is -2.37. The molecule has 0 radical (unpaired) electrons. The van der Waals surface area contributed by atoms with Gasteiger partial charge in [-0.25, -0.2) is 4.39 Å². The number of rotatable bonds is 6. The number of carbonyl (C=O) groups excluding carboxylic acids is 1. The van der Waals surface area contributed by atoms with E-state index in [1.807, 2.05) is 6.92 Å². The van der Waals surface area contributed by atoms with E-state index in [0.717, 1.165) is 12.1 Å². The van der Waals surface area contributed by atoms with Crippen molar-refractivity contribution in [3.05, 3.63) is 48.0 Å². The third kappa shape index (κ3) is 3.34. The second kappa shape index (κ2) is 6.18. The van der Waals surface area contributed by atoms with Gasteiger partial charge in [0.05, 0.1) is 17.9 Å². The Bertz CT molecular complexity index is 596. The van der Waals surface area contributed by atoms with Gasteiger partial charge in [0.15, 0.2) is 0 Å². The zero-order valence-electron chi connectivity index (χ0n) is 11.2. The summed E-state index contributed by atoms with van der Waals surface area (Å²) in [6.07, 6.45) is 3.99. The number of primary amides is 1. The van der Waals surface area contributed by atoms with Gasteiger partial charge in [0.1, 0.15) is 12.4 Å². The Kier molecular flexibility index (Phi) is 4.34. The minimum atomic E-state index is -0.458. The van der Waals surface area contributed by atoms with Crippen LogP contribution in [0.25, 0.3) is 0 Å². The maximum Gasteiger partial charge on any atom is 0.239 e. The second-order valence-electron chi connectivity index (χ2n) is 4.52. The van der Waals surface area contributed by atoms with Crippen LogP contribution < -0.4 is 11.1 Å². The Labute approximate surface area is 116 Å². The lowest BCUT2D eigenvalue weighted by atomic mass is 10.0. The lowest BCUT2D eigenvalue weighted by Gasteiger charge is -2.18. The standard InChI is InChI=1S/C14H17FN4O/c1-2-13(11-5-3-4-6-12(11)15)18-10-7-17-19(8-10)9-14(16)20/h3-8,13,18H,2,9H2,1H3,(H2,16,20). The molecule has 0 saturated heterocycles. The number of nitrogens with two attached hydrogens (primary N) is 1. The molecule has 1 heterocycles. The van der Waals surface area contributed by atoms with E-state index in [1.54, 1.807) is 30.6 Å². The molecule has 3 N–H and O–H groups in total. The largest absolute Gasteiger partial charge is 0.376 e. The zero-order valence-corrected chi connectivity index (χ0v) is 11.2. The molecule has 6 heteroatoms. The van der Waals surface area contributed by atoms with Gasteiger partial charge in [-0.3, -0.25) is 9.48 Å². The van der Waals surface area contributed by atoms with E-state index < -0.39 is 5.91 Å². The predicted octanol–water partition coefficient (Wildman–Crippen LogP) is 2.07. The van der Waals surface area contributed by atoms with Gasteiger partial charge < -0.3 is 11.1 Å². The van der Waals surface area contributed by atoms with Crippen molar-refractivity contribution in [1.29, 1.82) is 0 Å². The maximum absolute atomic E-state index is 13.8. The van der Waals surface area contributed by atoms with Crippen molar-refractivity contribution in [3.63, 3.8) is 0 Å². The number of nitrogens with one attached hydrogen (secondary N) is 1. The van der Waals surface area contributed by atoms with Crippen molar-refractivity contribution >= 4 is 11.6 Å². The first-order valence-electron chi connectivity index (χ1n) is 6.42. The van der Waals surface area contributed by atoms with E-state index in [4.69, 9.17) is 5.73 Å². The van der Waals surface area contributed by atoms with Crippen LogP contribution in [0.1, 0.15) is 24.9 Å². The van der Waals surface area contributed by atoms with Gasteiger partial charge in [0.25, 0.3) is 0 Å². The van der Waals surface area contributed by atoms with E-state index >= 15 is 0 Å². The third-order valence-electron chi connectivity index (χ3n) is 2.98. The van der Waals surface area contributed by atoms with Crippen LogP contribution in [0.3, 0.4) is 0 Å². The van der Waals surface area contributed by atoms with Crippen molar-refractivity contribution in [1.82, 2.24) is 9.78 Å². The van der Waals surface area contributed by atoms with Crippen molar-refractivity contribution in [2.75, 3.05) is 5.32 Å². The summed E-state index contributed by atoms with van der Waals surface area (Å²) in [6, 6.07) is 6.51. The van der Waals surface area contributed by atoms with Gasteiger partial charge in [0, 0.05) is 11.8 Å². The first-order chi connectivity index (χ1) is 9.60. The minimum absolute atomic E-state index is 0.0260. The molecule has 0 saturated carbocycles. The Balaban J connectivity index is 2.12.